The van der Waals surface area contributed by atoms with Crippen molar-refractivity contribution in [3.8, 4) is 0 Å². The summed E-state index contributed by atoms with van der Waals surface area (Å²) in [7, 11) is -3.76. The number of nitrogens with zero attached hydrogens (tertiary/aromatic N) is 2. The molecule has 0 fully saturated rings. The van der Waals surface area contributed by atoms with Crippen LogP contribution in [-0.4, -0.2) is 50.5 Å². The lowest BCUT2D eigenvalue weighted by molar-refractivity contribution is -0.140. The molecule has 186 valence electrons. The van der Waals surface area contributed by atoms with E-state index >= 15 is 0 Å². The smallest absolute Gasteiger partial charge is 0.244 e. The fourth-order valence-electron chi connectivity index (χ4n) is 3.35. The lowest BCUT2D eigenvalue weighted by Gasteiger charge is -2.33. The summed E-state index contributed by atoms with van der Waals surface area (Å²) < 4.78 is 27.0. The zero-order valence-electron chi connectivity index (χ0n) is 19.8. The molecule has 7 nitrogen and oxygen atoms in total. The van der Waals surface area contributed by atoms with Gasteiger partial charge >= 0.3 is 0 Å². The van der Waals surface area contributed by atoms with Gasteiger partial charge in [-0.3, -0.25) is 13.9 Å². The van der Waals surface area contributed by atoms with Gasteiger partial charge < -0.3 is 10.2 Å². The first-order chi connectivity index (χ1) is 15.9. The quantitative estimate of drug-likeness (QED) is 0.431. The third-order valence-corrected chi connectivity index (χ3v) is 7.05. The molecule has 0 saturated carbocycles. The first-order valence-electron chi connectivity index (χ1n) is 11.0. The predicted molar refractivity (Wildman–Crippen MR) is 140 cm³/mol. The lowest BCUT2D eigenvalue weighted by atomic mass is 10.1. The van der Waals surface area contributed by atoms with Crippen molar-refractivity contribution in [2.24, 2.45) is 5.92 Å². The molecule has 0 unspecified atom stereocenters. The van der Waals surface area contributed by atoms with Gasteiger partial charge in [0.15, 0.2) is 0 Å². The number of hydrogen-bond acceptors (Lipinski definition) is 4. The summed E-state index contributed by atoms with van der Waals surface area (Å²) in [4.78, 5) is 28.0. The van der Waals surface area contributed by atoms with Crippen LogP contribution in [0.5, 0.6) is 0 Å². The first kappa shape index (κ1) is 28.1. The van der Waals surface area contributed by atoms with Gasteiger partial charge in [0.05, 0.1) is 11.9 Å². The molecule has 0 aromatic heterocycles. The van der Waals surface area contributed by atoms with E-state index in [0.717, 1.165) is 20.6 Å². The maximum Gasteiger partial charge on any atom is 0.244 e. The number of carbonyl (C=O) groups is 2. The second kappa shape index (κ2) is 12.6. The number of hydrogen-bond donors (Lipinski definition) is 1. The van der Waals surface area contributed by atoms with Gasteiger partial charge in [0, 0.05) is 22.6 Å². The van der Waals surface area contributed by atoms with E-state index in [-0.39, 0.29) is 18.4 Å². The molecule has 34 heavy (non-hydrogen) atoms. The highest BCUT2D eigenvalue weighted by Crippen LogP contribution is 2.22. The van der Waals surface area contributed by atoms with Crippen LogP contribution in [0, 0.1) is 5.92 Å². The van der Waals surface area contributed by atoms with Gasteiger partial charge in [-0.05, 0) is 54.3 Å². The molecule has 10 heteroatoms. The van der Waals surface area contributed by atoms with Crippen LogP contribution >= 0.6 is 27.5 Å². The lowest BCUT2D eigenvalue weighted by Crippen LogP contribution is -2.52. The Balaban J connectivity index is 2.39. The third kappa shape index (κ3) is 8.29. The van der Waals surface area contributed by atoms with Crippen LogP contribution in [0.4, 0.5) is 5.69 Å². The van der Waals surface area contributed by atoms with Crippen LogP contribution in [0.1, 0.15) is 32.8 Å². The summed E-state index contributed by atoms with van der Waals surface area (Å²) in [6.07, 6.45) is 1.43. The highest BCUT2D eigenvalue weighted by molar-refractivity contribution is 9.10. The topological polar surface area (TPSA) is 86.8 Å². The molecule has 0 aliphatic carbocycles. The monoisotopic (exact) mass is 571 g/mol. The van der Waals surface area contributed by atoms with E-state index in [1.54, 1.807) is 48.5 Å². The van der Waals surface area contributed by atoms with Crippen LogP contribution < -0.4 is 9.62 Å². The molecule has 0 aliphatic rings. The average Bonchev–Trinajstić information content (AvgIpc) is 2.77. The van der Waals surface area contributed by atoms with Crippen molar-refractivity contribution in [1.82, 2.24) is 10.2 Å². The van der Waals surface area contributed by atoms with E-state index in [1.807, 2.05) is 20.8 Å². The SMILES string of the molecule is CC[C@H](C(=O)NCC(C)C)N(Cc1ccc(Cl)cc1)C(=O)CN(c1ccc(Br)cc1)S(C)(=O)=O. The van der Waals surface area contributed by atoms with Gasteiger partial charge in [-0.2, -0.15) is 0 Å². The molecule has 0 aliphatic heterocycles. The molecule has 0 heterocycles. The molecule has 2 aromatic rings. The standard InChI is InChI=1S/C24H31BrClN3O4S/c1-5-22(24(31)27-14-17(2)3)28(15-18-6-10-20(26)11-7-18)23(30)16-29(34(4,32)33)21-12-8-19(25)9-13-21/h6-13,17,22H,5,14-16H2,1-4H3,(H,27,31)/t22-/m1/s1. The maximum atomic E-state index is 13.6. The Kier molecular flexibility index (Phi) is 10.4. The third-order valence-electron chi connectivity index (χ3n) is 5.13. The van der Waals surface area contributed by atoms with Crippen LogP contribution in [0.3, 0.4) is 0 Å². The Labute approximate surface area is 215 Å². The summed E-state index contributed by atoms with van der Waals surface area (Å²) in [6, 6.07) is 12.9. The minimum Gasteiger partial charge on any atom is -0.354 e. The van der Waals surface area contributed by atoms with Crippen molar-refractivity contribution >= 4 is 55.1 Å². The Bertz CT molecular complexity index is 1080. The Morgan fingerprint density at radius 2 is 1.65 bits per heavy atom. The van der Waals surface area contributed by atoms with Crippen molar-refractivity contribution in [2.75, 3.05) is 23.7 Å². The van der Waals surface area contributed by atoms with Gasteiger partial charge in [0.1, 0.15) is 12.6 Å². The number of amides is 2. The fraction of sp³-hybridized carbons (Fsp3) is 0.417. The summed E-state index contributed by atoms with van der Waals surface area (Å²) in [5.74, 6) is -0.497. The van der Waals surface area contributed by atoms with E-state index < -0.39 is 28.5 Å². The van der Waals surface area contributed by atoms with Crippen LogP contribution in [0.2, 0.25) is 5.02 Å². The summed E-state index contributed by atoms with van der Waals surface area (Å²) in [6.45, 7) is 5.99. The normalized spacial score (nSPS) is 12.3. The van der Waals surface area contributed by atoms with E-state index in [9.17, 15) is 18.0 Å². The van der Waals surface area contributed by atoms with Gasteiger partial charge in [-0.25, -0.2) is 8.42 Å². The van der Waals surface area contributed by atoms with Crippen molar-refractivity contribution in [3.05, 3.63) is 63.6 Å². The van der Waals surface area contributed by atoms with E-state index in [4.69, 9.17) is 11.6 Å². The summed E-state index contributed by atoms with van der Waals surface area (Å²) in [5, 5.41) is 3.45. The maximum absolute atomic E-state index is 13.6. The van der Waals surface area contributed by atoms with Crippen LogP contribution in [-0.2, 0) is 26.2 Å². The second-order valence-electron chi connectivity index (χ2n) is 8.46. The van der Waals surface area contributed by atoms with Crippen molar-refractivity contribution in [2.45, 2.75) is 39.8 Å². The zero-order valence-corrected chi connectivity index (χ0v) is 23.0. The fourth-order valence-corrected chi connectivity index (χ4v) is 4.59. The molecule has 0 radical (unpaired) electrons. The van der Waals surface area contributed by atoms with Gasteiger partial charge in [0.2, 0.25) is 21.8 Å². The van der Waals surface area contributed by atoms with Crippen LogP contribution in [0.15, 0.2) is 53.0 Å². The molecule has 1 atom stereocenters. The molecular weight excluding hydrogens is 542 g/mol. The molecule has 0 saturated heterocycles. The van der Waals surface area contributed by atoms with Gasteiger partial charge in [0.25, 0.3) is 0 Å². The number of halogens is 2. The molecule has 2 aromatic carbocycles. The molecular formula is C24H31BrClN3O4S. The number of rotatable bonds is 11. The van der Waals surface area contributed by atoms with E-state index in [2.05, 4.69) is 21.2 Å². The van der Waals surface area contributed by atoms with Gasteiger partial charge in [-0.1, -0.05) is 60.4 Å². The van der Waals surface area contributed by atoms with E-state index in [0.29, 0.717) is 23.7 Å². The first-order valence-corrected chi connectivity index (χ1v) is 14.0. The molecule has 1 N–H and O–H groups in total. The minimum atomic E-state index is -3.76. The Morgan fingerprint density at radius 1 is 1.06 bits per heavy atom. The second-order valence-corrected chi connectivity index (χ2v) is 11.7. The van der Waals surface area contributed by atoms with Crippen LogP contribution in [0.25, 0.3) is 0 Å². The predicted octanol–water partition coefficient (Wildman–Crippen LogP) is 4.45. The Hall–Kier alpha value is -2.10. The molecule has 2 amide bonds. The van der Waals surface area contributed by atoms with Crippen molar-refractivity contribution < 1.29 is 18.0 Å². The van der Waals surface area contributed by atoms with E-state index in [1.165, 1.54) is 4.90 Å². The number of carbonyl (C=O) groups excluding carboxylic acids is 2. The molecule has 0 spiro atoms. The van der Waals surface area contributed by atoms with Gasteiger partial charge in [-0.15, -0.1) is 0 Å². The number of anilines is 1. The highest BCUT2D eigenvalue weighted by Gasteiger charge is 2.31. The average molecular weight is 573 g/mol. The summed E-state index contributed by atoms with van der Waals surface area (Å²) >= 11 is 9.33. The van der Waals surface area contributed by atoms with Crippen molar-refractivity contribution in [3.63, 3.8) is 0 Å². The Morgan fingerprint density at radius 3 is 2.15 bits per heavy atom. The van der Waals surface area contributed by atoms with Crippen molar-refractivity contribution in [1.29, 1.82) is 0 Å². The minimum absolute atomic E-state index is 0.140. The molecule has 0 bridgehead atoms. The largest absolute Gasteiger partial charge is 0.354 e. The number of benzene rings is 2. The zero-order chi connectivity index (χ0) is 25.5. The summed E-state index contributed by atoms with van der Waals surface area (Å²) in [5.41, 5.74) is 1.14. The highest BCUT2D eigenvalue weighted by atomic mass is 79.9. The molecule has 2 rings (SSSR count). The number of sulfonamides is 1. The number of nitrogens with one attached hydrogen (secondary N) is 1.